The summed E-state index contributed by atoms with van der Waals surface area (Å²) in [7, 11) is 1.64. The average Bonchev–Trinajstić information content (AvgIpc) is 3.26. The lowest BCUT2D eigenvalue weighted by Crippen LogP contribution is -2.32. The minimum atomic E-state index is -0.0890. The van der Waals surface area contributed by atoms with Gasteiger partial charge in [0.25, 0.3) is 5.91 Å². The molecule has 21 heavy (non-hydrogen) atoms. The Kier molecular flexibility index (Phi) is 3.64. The van der Waals surface area contributed by atoms with Crippen LogP contribution in [0.1, 0.15) is 34.7 Å². The van der Waals surface area contributed by atoms with Crippen LogP contribution in [0.5, 0.6) is 5.75 Å². The van der Waals surface area contributed by atoms with E-state index in [0.29, 0.717) is 18.3 Å². The predicted octanol–water partition coefficient (Wildman–Crippen LogP) is 2.80. The summed E-state index contributed by atoms with van der Waals surface area (Å²) in [5, 5.41) is 3.79. The molecule has 3 rings (SSSR count). The van der Waals surface area contributed by atoms with Crippen LogP contribution in [0.25, 0.3) is 0 Å². The van der Waals surface area contributed by atoms with Crippen molar-refractivity contribution < 1.29 is 14.1 Å². The Bertz CT molecular complexity index is 629. The van der Waals surface area contributed by atoms with E-state index in [1.807, 2.05) is 36.1 Å². The third-order valence-electron chi connectivity index (χ3n) is 3.60. The summed E-state index contributed by atoms with van der Waals surface area (Å²) in [6.45, 7) is 2.39. The van der Waals surface area contributed by atoms with Crippen LogP contribution in [0.4, 0.5) is 0 Å². The summed E-state index contributed by atoms with van der Waals surface area (Å²) in [4.78, 5) is 14.4. The molecule has 0 atom stereocenters. The van der Waals surface area contributed by atoms with Crippen LogP contribution in [0.3, 0.4) is 0 Å². The molecule has 1 aromatic heterocycles. The zero-order valence-electron chi connectivity index (χ0n) is 12.2. The molecule has 0 N–H and O–H groups in total. The first-order valence-electron chi connectivity index (χ1n) is 7.04. The van der Waals surface area contributed by atoms with Gasteiger partial charge in [-0.3, -0.25) is 4.79 Å². The van der Waals surface area contributed by atoms with E-state index in [-0.39, 0.29) is 5.91 Å². The smallest absolute Gasteiger partial charge is 0.293 e. The number of carbonyl (C=O) groups is 1. The standard InChI is InChI=1S/C16H18N2O3/c1-11-9-15(21-17-11)16(19)18(13-5-6-13)10-12-3-7-14(20-2)8-4-12/h3-4,7-9,13H,5-6,10H2,1-2H3. The van der Waals surface area contributed by atoms with E-state index in [0.717, 1.165) is 29.8 Å². The van der Waals surface area contributed by atoms with Gasteiger partial charge in [0.15, 0.2) is 0 Å². The molecule has 0 bridgehead atoms. The fourth-order valence-corrected chi connectivity index (χ4v) is 2.29. The van der Waals surface area contributed by atoms with E-state index in [4.69, 9.17) is 9.26 Å². The molecule has 0 spiro atoms. The molecule has 1 aliphatic rings. The predicted molar refractivity (Wildman–Crippen MR) is 77.1 cm³/mol. The van der Waals surface area contributed by atoms with Crippen molar-refractivity contribution in [3.05, 3.63) is 47.3 Å². The highest BCUT2D eigenvalue weighted by atomic mass is 16.5. The lowest BCUT2D eigenvalue weighted by Gasteiger charge is -2.21. The molecule has 1 aliphatic carbocycles. The molecule has 0 unspecified atom stereocenters. The van der Waals surface area contributed by atoms with E-state index in [2.05, 4.69) is 5.16 Å². The summed E-state index contributed by atoms with van der Waals surface area (Å²) in [5.41, 5.74) is 1.80. The summed E-state index contributed by atoms with van der Waals surface area (Å²) in [6, 6.07) is 9.77. The molecule has 5 heteroatoms. The second kappa shape index (κ2) is 5.60. The van der Waals surface area contributed by atoms with Crippen LogP contribution in [-0.4, -0.2) is 29.1 Å². The lowest BCUT2D eigenvalue weighted by molar-refractivity contribution is 0.0687. The van der Waals surface area contributed by atoms with Gasteiger partial charge in [-0.05, 0) is 37.5 Å². The highest BCUT2D eigenvalue weighted by molar-refractivity contribution is 5.91. The number of hydrogen-bond donors (Lipinski definition) is 0. The minimum absolute atomic E-state index is 0.0890. The monoisotopic (exact) mass is 286 g/mol. The van der Waals surface area contributed by atoms with Crippen molar-refractivity contribution in [3.8, 4) is 5.75 Å². The van der Waals surface area contributed by atoms with Crippen LogP contribution in [-0.2, 0) is 6.54 Å². The van der Waals surface area contributed by atoms with Crippen molar-refractivity contribution in [3.63, 3.8) is 0 Å². The zero-order chi connectivity index (χ0) is 14.8. The Morgan fingerprint density at radius 3 is 2.62 bits per heavy atom. The molecule has 1 aromatic carbocycles. The van der Waals surface area contributed by atoms with Crippen LogP contribution < -0.4 is 4.74 Å². The molecule has 1 heterocycles. The third-order valence-corrected chi connectivity index (χ3v) is 3.60. The number of aromatic nitrogens is 1. The maximum atomic E-state index is 12.5. The summed E-state index contributed by atoms with van der Waals surface area (Å²) in [6.07, 6.45) is 2.10. The number of hydrogen-bond acceptors (Lipinski definition) is 4. The number of nitrogens with zero attached hydrogens (tertiary/aromatic N) is 2. The van der Waals surface area contributed by atoms with Crippen molar-refractivity contribution in [2.45, 2.75) is 32.4 Å². The van der Waals surface area contributed by atoms with E-state index < -0.39 is 0 Å². The molecular formula is C16H18N2O3. The maximum absolute atomic E-state index is 12.5. The minimum Gasteiger partial charge on any atom is -0.497 e. The van der Waals surface area contributed by atoms with E-state index in [1.54, 1.807) is 13.2 Å². The number of aryl methyl sites for hydroxylation is 1. The maximum Gasteiger partial charge on any atom is 0.293 e. The third kappa shape index (κ3) is 3.07. The number of amides is 1. The molecule has 5 nitrogen and oxygen atoms in total. The quantitative estimate of drug-likeness (QED) is 0.848. The van der Waals surface area contributed by atoms with Gasteiger partial charge in [-0.2, -0.15) is 0 Å². The SMILES string of the molecule is COc1ccc(CN(C(=O)c2cc(C)no2)C2CC2)cc1. The number of methoxy groups -OCH3 is 1. The normalized spacial score (nSPS) is 14.0. The van der Waals surface area contributed by atoms with Crippen molar-refractivity contribution in [1.29, 1.82) is 0 Å². The second-order valence-electron chi connectivity index (χ2n) is 5.34. The van der Waals surface area contributed by atoms with Crippen molar-refractivity contribution in [1.82, 2.24) is 10.1 Å². The first kappa shape index (κ1) is 13.7. The summed E-state index contributed by atoms with van der Waals surface area (Å²) >= 11 is 0. The highest BCUT2D eigenvalue weighted by Crippen LogP contribution is 2.30. The lowest BCUT2D eigenvalue weighted by atomic mass is 10.2. The Morgan fingerprint density at radius 2 is 2.10 bits per heavy atom. The molecule has 1 saturated carbocycles. The van der Waals surface area contributed by atoms with Crippen molar-refractivity contribution >= 4 is 5.91 Å². The molecular weight excluding hydrogens is 268 g/mol. The Morgan fingerprint density at radius 1 is 1.38 bits per heavy atom. The first-order chi connectivity index (χ1) is 10.2. The number of ether oxygens (including phenoxy) is 1. The van der Waals surface area contributed by atoms with Gasteiger partial charge in [-0.25, -0.2) is 0 Å². The molecule has 0 aliphatic heterocycles. The molecule has 0 radical (unpaired) electrons. The van der Waals surface area contributed by atoms with E-state index >= 15 is 0 Å². The number of carbonyl (C=O) groups excluding carboxylic acids is 1. The fraction of sp³-hybridized carbons (Fsp3) is 0.375. The van der Waals surface area contributed by atoms with Gasteiger partial charge in [-0.1, -0.05) is 17.3 Å². The first-order valence-corrected chi connectivity index (χ1v) is 7.04. The number of benzene rings is 1. The highest BCUT2D eigenvalue weighted by Gasteiger charge is 2.34. The fourth-order valence-electron chi connectivity index (χ4n) is 2.29. The molecule has 1 amide bonds. The molecule has 0 saturated heterocycles. The zero-order valence-corrected chi connectivity index (χ0v) is 12.2. The number of rotatable bonds is 5. The van der Waals surface area contributed by atoms with E-state index in [9.17, 15) is 4.79 Å². The van der Waals surface area contributed by atoms with Crippen molar-refractivity contribution in [2.75, 3.05) is 7.11 Å². The van der Waals surface area contributed by atoms with E-state index in [1.165, 1.54) is 0 Å². The van der Waals surface area contributed by atoms with Gasteiger partial charge in [0, 0.05) is 18.7 Å². The topological polar surface area (TPSA) is 55.6 Å². The van der Waals surface area contributed by atoms with Crippen molar-refractivity contribution in [2.24, 2.45) is 0 Å². The van der Waals surface area contributed by atoms with Crippen LogP contribution in [0, 0.1) is 6.92 Å². The van der Waals surface area contributed by atoms with Gasteiger partial charge in [0.2, 0.25) is 5.76 Å². The second-order valence-corrected chi connectivity index (χ2v) is 5.34. The molecule has 2 aromatic rings. The van der Waals surface area contributed by atoms with Gasteiger partial charge in [0.05, 0.1) is 12.8 Å². The van der Waals surface area contributed by atoms with Gasteiger partial charge < -0.3 is 14.2 Å². The van der Waals surface area contributed by atoms with Crippen LogP contribution >= 0.6 is 0 Å². The average molecular weight is 286 g/mol. The Labute approximate surface area is 123 Å². The Hall–Kier alpha value is -2.30. The summed E-state index contributed by atoms with van der Waals surface area (Å²) < 4.78 is 10.2. The molecule has 110 valence electrons. The van der Waals surface area contributed by atoms with Crippen LogP contribution in [0.2, 0.25) is 0 Å². The van der Waals surface area contributed by atoms with Crippen LogP contribution in [0.15, 0.2) is 34.9 Å². The van der Waals surface area contributed by atoms with Gasteiger partial charge in [0.1, 0.15) is 5.75 Å². The summed E-state index contributed by atoms with van der Waals surface area (Å²) in [5.74, 6) is 1.04. The van der Waals surface area contributed by atoms with Gasteiger partial charge >= 0.3 is 0 Å². The largest absolute Gasteiger partial charge is 0.497 e. The molecule has 1 fully saturated rings. The van der Waals surface area contributed by atoms with Gasteiger partial charge in [-0.15, -0.1) is 0 Å². The Balaban J connectivity index is 1.76.